The number of allylic oxidation sites excluding steroid dienone is 2. The monoisotopic (exact) mass is 194 g/mol. The second kappa shape index (κ2) is 6.00. The smallest absolute Gasteiger partial charge is 0.137 e. The summed E-state index contributed by atoms with van der Waals surface area (Å²) in [6, 6.07) is 0. The van der Waals surface area contributed by atoms with Gasteiger partial charge < -0.3 is 0 Å². The van der Waals surface area contributed by atoms with Gasteiger partial charge in [-0.2, -0.15) is 0 Å². The quantitative estimate of drug-likeness (QED) is 0.607. The average Bonchev–Trinajstić information content (AvgIpc) is 2.19. The van der Waals surface area contributed by atoms with Crippen LogP contribution in [0.3, 0.4) is 0 Å². The minimum Gasteiger partial charge on any atom is -0.299 e. The Hall–Kier alpha value is -0.590. The Labute approximate surface area is 87.6 Å². The van der Waals surface area contributed by atoms with Crippen LogP contribution in [0.1, 0.15) is 58.8 Å². The zero-order valence-corrected chi connectivity index (χ0v) is 9.51. The molecule has 0 aromatic heterocycles. The van der Waals surface area contributed by atoms with Crippen molar-refractivity contribution in [1.29, 1.82) is 0 Å². The highest BCUT2D eigenvalue weighted by Crippen LogP contribution is 2.21. The molecule has 0 saturated heterocycles. The van der Waals surface area contributed by atoms with Gasteiger partial charge in [0.25, 0.3) is 0 Å². The van der Waals surface area contributed by atoms with E-state index in [0.29, 0.717) is 11.7 Å². The van der Waals surface area contributed by atoms with Crippen LogP contribution in [0, 0.1) is 5.92 Å². The third-order valence-electron chi connectivity index (χ3n) is 3.08. The summed E-state index contributed by atoms with van der Waals surface area (Å²) in [5.74, 6) is 0.999. The van der Waals surface area contributed by atoms with Crippen LogP contribution in [-0.2, 0) is 4.79 Å². The maximum Gasteiger partial charge on any atom is 0.137 e. The van der Waals surface area contributed by atoms with Crippen molar-refractivity contribution in [2.75, 3.05) is 0 Å². The first-order valence-corrected chi connectivity index (χ1v) is 5.92. The molecule has 1 nitrogen and oxygen atoms in total. The molecule has 0 saturated carbocycles. The summed E-state index contributed by atoms with van der Waals surface area (Å²) in [4.78, 5) is 11.6. The van der Waals surface area contributed by atoms with E-state index in [1.165, 1.54) is 24.8 Å². The van der Waals surface area contributed by atoms with Gasteiger partial charge in [0.2, 0.25) is 0 Å². The van der Waals surface area contributed by atoms with Gasteiger partial charge in [-0.3, -0.25) is 4.79 Å². The maximum absolute atomic E-state index is 11.6. The molecule has 0 aliphatic heterocycles. The molecule has 0 aromatic carbocycles. The number of carbonyl (C=O) groups is 1. The Kier molecular flexibility index (Phi) is 4.92. The predicted molar refractivity (Wildman–Crippen MR) is 60.2 cm³/mol. The first-order valence-electron chi connectivity index (χ1n) is 5.92. The Morgan fingerprint density at radius 3 is 2.86 bits per heavy atom. The lowest BCUT2D eigenvalue weighted by Gasteiger charge is -2.13. The van der Waals surface area contributed by atoms with Gasteiger partial charge in [-0.15, -0.1) is 0 Å². The zero-order chi connectivity index (χ0) is 10.4. The van der Waals surface area contributed by atoms with Crippen LogP contribution in [0.4, 0.5) is 0 Å². The fraction of sp³-hybridized carbons (Fsp3) is 0.769. The number of Topliss-reactive ketones (excluding diaryl/α,β-unsaturated/α-hetero) is 1. The van der Waals surface area contributed by atoms with E-state index in [0.717, 1.165) is 25.7 Å². The van der Waals surface area contributed by atoms with Crippen molar-refractivity contribution in [2.24, 2.45) is 5.92 Å². The molecule has 1 aliphatic rings. The zero-order valence-electron chi connectivity index (χ0n) is 9.51. The molecule has 0 aromatic rings. The standard InChI is InChI=1S/C13H22O/c1-3-11(2)9-13(14)10-12-7-5-4-6-8-12/h7,11H,3-6,8-10H2,1-2H3. The number of ketones is 1. The van der Waals surface area contributed by atoms with E-state index in [9.17, 15) is 4.79 Å². The second-order valence-corrected chi connectivity index (χ2v) is 4.54. The lowest BCUT2D eigenvalue weighted by Crippen LogP contribution is -2.07. The van der Waals surface area contributed by atoms with Crippen molar-refractivity contribution >= 4 is 5.78 Å². The third-order valence-corrected chi connectivity index (χ3v) is 3.08. The summed E-state index contributed by atoms with van der Waals surface area (Å²) < 4.78 is 0. The summed E-state index contributed by atoms with van der Waals surface area (Å²) in [7, 11) is 0. The van der Waals surface area contributed by atoms with Crippen LogP contribution in [0.2, 0.25) is 0 Å². The van der Waals surface area contributed by atoms with Crippen LogP contribution in [0.5, 0.6) is 0 Å². The maximum atomic E-state index is 11.6. The lowest BCUT2D eigenvalue weighted by atomic mass is 9.92. The summed E-state index contributed by atoms with van der Waals surface area (Å²) >= 11 is 0. The molecule has 1 heteroatoms. The van der Waals surface area contributed by atoms with Gasteiger partial charge in [-0.25, -0.2) is 0 Å². The molecular formula is C13H22O. The fourth-order valence-corrected chi connectivity index (χ4v) is 1.92. The van der Waals surface area contributed by atoms with E-state index < -0.39 is 0 Å². The fourth-order valence-electron chi connectivity index (χ4n) is 1.92. The van der Waals surface area contributed by atoms with Crippen molar-refractivity contribution in [3.63, 3.8) is 0 Å². The minimum atomic E-state index is 0.438. The van der Waals surface area contributed by atoms with Crippen LogP contribution in [-0.4, -0.2) is 5.78 Å². The van der Waals surface area contributed by atoms with E-state index in [4.69, 9.17) is 0 Å². The largest absolute Gasteiger partial charge is 0.299 e. The van der Waals surface area contributed by atoms with Gasteiger partial charge in [-0.05, 0) is 31.6 Å². The van der Waals surface area contributed by atoms with Gasteiger partial charge >= 0.3 is 0 Å². The minimum absolute atomic E-state index is 0.438. The van der Waals surface area contributed by atoms with Crippen molar-refractivity contribution in [3.8, 4) is 0 Å². The third kappa shape index (κ3) is 4.08. The van der Waals surface area contributed by atoms with Crippen LogP contribution in [0.15, 0.2) is 11.6 Å². The molecule has 1 rings (SSSR count). The summed E-state index contributed by atoms with van der Waals surface area (Å²) in [5, 5.41) is 0. The Morgan fingerprint density at radius 2 is 2.29 bits per heavy atom. The van der Waals surface area contributed by atoms with Gasteiger partial charge in [0.05, 0.1) is 0 Å². The van der Waals surface area contributed by atoms with Crippen molar-refractivity contribution in [2.45, 2.75) is 58.8 Å². The van der Waals surface area contributed by atoms with Crippen LogP contribution >= 0.6 is 0 Å². The average molecular weight is 194 g/mol. The Bertz CT molecular complexity index is 215. The number of rotatable bonds is 5. The summed E-state index contributed by atoms with van der Waals surface area (Å²) in [6.07, 6.45) is 9.82. The molecule has 0 radical (unpaired) electrons. The Morgan fingerprint density at radius 1 is 1.50 bits per heavy atom. The normalized spacial score (nSPS) is 18.9. The number of hydrogen-bond acceptors (Lipinski definition) is 1. The highest BCUT2D eigenvalue weighted by atomic mass is 16.1. The molecule has 1 unspecified atom stereocenters. The molecule has 0 amide bonds. The highest BCUT2D eigenvalue weighted by molar-refractivity contribution is 5.81. The molecule has 0 spiro atoms. The van der Waals surface area contributed by atoms with Gasteiger partial charge in [0.15, 0.2) is 0 Å². The Balaban J connectivity index is 2.29. The van der Waals surface area contributed by atoms with Gasteiger partial charge in [0.1, 0.15) is 5.78 Å². The first kappa shape index (κ1) is 11.5. The molecular weight excluding hydrogens is 172 g/mol. The van der Waals surface area contributed by atoms with Crippen LogP contribution in [0.25, 0.3) is 0 Å². The second-order valence-electron chi connectivity index (χ2n) is 4.54. The van der Waals surface area contributed by atoms with E-state index in [1.807, 2.05) is 0 Å². The van der Waals surface area contributed by atoms with Crippen molar-refractivity contribution in [3.05, 3.63) is 11.6 Å². The summed E-state index contributed by atoms with van der Waals surface area (Å²) in [6.45, 7) is 4.31. The van der Waals surface area contributed by atoms with E-state index in [1.54, 1.807) is 0 Å². The van der Waals surface area contributed by atoms with E-state index in [2.05, 4.69) is 19.9 Å². The number of carbonyl (C=O) groups excluding carboxylic acids is 1. The first-order chi connectivity index (χ1) is 6.72. The molecule has 14 heavy (non-hydrogen) atoms. The summed E-state index contributed by atoms with van der Waals surface area (Å²) in [5.41, 5.74) is 1.39. The molecule has 1 atom stereocenters. The number of hydrogen-bond donors (Lipinski definition) is 0. The molecule has 0 heterocycles. The highest BCUT2D eigenvalue weighted by Gasteiger charge is 2.11. The van der Waals surface area contributed by atoms with Crippen molar-refractivity contribution < 1.29 is 4.79 Å². The van der Waals surface area contributed by atoms with Crippen LogP contribution < -0.4 is 0 Å². The van der Waals surface area contributed by atoms with Gasteiger partial charge in [0, 0.05) is 12.8 Å². The lowest BCUT2D eigenvalue weighted by molar-refractivity contribution is -0.119. The molecule has 1 aliphatic carbocycles. The topological polar surface area (TPSA) is 17.1 Å². The predicted octanol–water partition coefficient (Wildman–Crippen LogP) is 3.88. The molecule has 0 bridgehead atoms. The SMILES string of the molecule is CCC(C)CC(=O)CC1=CCCCC1. The van der Waals surface area contributed by atoms with Gasteiger partial charge in [-0.1, -0.05) is 31.9 Å². The van der Waals surface area contributed by atoms with E-state index >= 15 is 0 Å². The molecule has 80 valence electrons. The molecule has 0 N–H and O–H groups in total. The van der Waals surface area contributed by atoms with Crippen molar-refractivity contribution in [1.82, 2.24) is 0 Å². The molecule has 0 fully saturated rings. The van der Waals surface area contributed by atoms with E-state index in [-0.39, 0.29) is 0 Å².